The molecule has 5 rings (SSSR count). The number of rotatable bonds is 3. The highest BCUT2D eigenvalue weighted by molar-refractivity contribution is 7.19. The van der Waals surface area contributed by atoms with Crippen molar-refractivity contribution in [1.82, 2.24) is 9.97 Å². The molecule has 1 N–H and O–H groups in total. The summed E-state index contributed by atoms with van der Waals surface area (Å²) in [5.74, 6) is 1.56. The van der Waals surface area contributed by atoms with Crippen molar-refractivity contribution in [2.45, 2.75) is 44.4 Å². The molecule has 1 saturated heterocycles. The Balaban J connectivity index is 1.63. The van der Waals surface area contributed by atoms with Crippen molar-refractivity contribution in [2.24, 2.45) is 5.92 Å². The minimum Gasteiger partial charge on any atom is -0.481 e. The van der Waals surface area contributed by atoms with Gasteiger partial charge in [0.1, 0.15) is 16.5 Å². The highest BCUT2D eigenvalue weighted by Crippen LogP contribution is 2.45. The van der Waals surface area contributed by atoms with Crippen molar-refractivity contribution < 1.29 is 9.90 Å². The van der Waals surface area contributed by atoms with E-state index in [-0.39, 0.29) is 5.92 Å². The van der Waals surface area contributed by atoms with Crippen LogP contribution in [0.3, 0.4) is 0 Å². The second-order valence-corrected chi connectivity index (χ2v) is 8.09. The fourth-order valence-corrected chi connectivity index (χ4v) is 4.98. The van der Waals surface area contributed by atoms with E-state index in [9.17, 15) is 4.79 Å². The average Bonchev–Trinajstić information content (AvgIpc) is 3.25. The van der Waals surface area contributed by atoms with E-state index in [4.69, 9.17) is 15.1 Å². The Morgan fingerprint density at radius 1 is 1.17 bits per heavy atom. The number of aliphatic carboxylic acids is 1. The number of hydrogen-bond acceptors (Lipinski definition) is 5. The van der Waals surface area contributed by atoms with Gasteiger partial charge in [0.15, 0.2) is 0 Å². The van der Waals surface area contributed by atoms with E-state index in [1.54, 1.807) is 0 Å². The summed E-state index contributed by atoms with van der Waals surface area (Å²) in [5.41, 5.74) is 1.44. The molecule has 5 nitrogen and oxygen atoms in total. The molecule has 6 heteroatoms. The summed E-state index contributed by atoms with van der Waals surface area (Å²) in [4.78, 5) is 25.6. The van der Waals surface area contributed by atoms with Crippen molar-refractivity contribution in [3.8, 4) is 0 Å². The SMILES string of the molecule is O=C(O)C1CN(c2nc(C3CC3)nc3sc4c(c23)CCCC4)C1. The third kappa shape index (κ3) is 2.15. The molecule has 2 aromatic rings. The minimum atomic E-state index is -0.693. The van der Waals surface area contributed by atoms with Gasteiger partial charge in [0, 0.05) is 23.9 Å². The monoisotopic (exact) mass is 329 g/mol. The van der Waals surface area contributed by atoms with Gasteiger partial charge in [-0.2, -0.15) is 0 Å². The van der Waals surface area contributed by atoms with Crippen LogP contribution < -0.4 is 4.90 Å². The Kier molecular flexibility index (Phi) is 2.92. The summed E-state index contributed by atoms with van der Waals surface area (Å²) in [5, 5.41) is 10.4. The number of fused-ring (bicyclic) bond motifs is 3. The third-order valence-corrected chi connectivity index (χ3v) is 6.47. The zero-order chi connectivity index (χ0) is 15.6. The summed E-state index contributed by atoms with van der Waals surface area (Å²) in [7, 11) is 0. The van der Waals surface area contributed by atoms with Gasteiger partial charge in [0.25, 0.3) is 0 Å². The standard InChI is InChI=1S/C17H19N3O2S/c21-17(22)10-7-20(8-10)15-13-11-3-1-2-4-12(11)23-16(13)19-14(18-15)9-5-6-9/h9-10H,1-8H2,(H,21,22). The molecule has 0 bridgehead atoms. The normalized spacial score (nSPS) is 21.3. The molecule has 3 aliphatic rings. The van der Waals surface area contributed by atoms with E-state index in [0.29, 0.717) is 19.0 Å². The van der Waals surface area contributed by atoms with Crippen LogP contribution in [0.2, 0.25) is 0 Å². The quantitative estimate of drug-likeness (QED) is 0.938. The van der Waals surface area contributed by atoms with Gasteiger partial charge in [-0.15, -0.1) is 11.3 Å². The minimum absolute atomic E-state index is 0.251. The first-order chi connectivity index (χ1) is 11.2. The first-order valence-electron chi connectivity index (χ1n) is 8.50. The first-order valence-corrected chi connectivity index (χ1v) is 9.32. The highest BCUT2D eigenvalue weighted by Gasteiger charge is 2.37. The van der Waals surface area contributed by atoms with E-state index < -0.39 is 5.97 Å². The third-order valence-electron chi connectivity index (χ3n) is 5.29. The number of carboxylic acids is 1. The van der Waals surface area contributed by atoms with Crippen LogP contribution in [0.15, 0.2) is 0 Å². The Labute approximate surface area is 138 Å². The lowest BCUT2D eigenvalue weighted by Gasteiger charge is -2.38. The molecule has 23 heavy (non-hydrogen) atoms. The fraction of sp³-hybridized carbons (Fsp3) is 0.588. The molecule has 0 atom stereocenters. The van der Waals surface area contributed by atoms with Crippen LogP contribution in [0, 0.1) is 5.92 Å². The van der Waals surface area contributed by atoms with Gasteiger partial charge in [-0.1, -0.05) is 0 Å². The second kappa shape index (κ2) is 4.90. The van der Waals surface area contributed by atoms with Gasteiger partial charge in [0.05, 0.1) is 11.3 Å². The zero-order valence-corrected chi connectivity index (χ0v) is 13.7. The lowest BCUT2D eigenvalue weighted by molar-refractivity contribution is -0.142. The number of aromatic nitrogens is 2. The number of hydrogen-bond donors (Lipinski definition) is 1. The van der Waals surface area contributed by atoms with Crippen LogP contribution in [0.25, 0.3) is 10.2 Å². The van der Waals surface area contributed by atoms with Crippen molar-refractivity contribution in [3.63, 3.8) is 0 Å². The van der Waals surface area contributed by atoms with E-state index in [1.165, 1.54) is 41.5 Å². The Morgan fingerprint density at radius 3 is 2.70 bits per heavy atom. The molecule has 0 radical (unpaired) electrons. The summed E-state index contributed by atoms with van der Waals surface area (Å²) in [6.45, 7) is 1.16. The van der Waals surface area contributed by atoms with Gasteiger partial charge in [0.2, 0.25) is 0 Å². The van der Waals surface area contributed by atoms with Crippen molar-refractivity contribution >= 4 is 33.3 Å². The molecule has 2 aliphatic carbocycles. The molecule has 2 aromatic heterocycles. The topological polar surface area (TPSA) is 66.3 Å². The zero-order valence-electron chi connectivity index (χ0n) is 12.9. The molecule has 0 aromatic carbocycles. The number of carboxylic acid groups (broad SMARTS) is 1. The summed E-state index contributed by atoms with van der Waals surface area (Å²) >= 11 is 1.84. The van der Waals surface area contributed by atoms with Crippen molar-refractivity contribution in [1.29, 1.82) is 0 Å². The van der Waals surface area contributed by atoms with E-state index in [1.807, 2.05) is 11.3 Å². The lowest BCUT2D eigenvalue weighted by Crippen LogP contribution is -2.51. The number of carbonyl (C=O) groups is 1. The van der Waals surface area contributed by atoms with Crippen LogP contribution in [-0.4, -0.2) is 34.1 Å². The van der Waals surface area contributed by atoms with Crippen LogP contribution >= 0.6 is 11.3 Å². The van der Waals surface area contributed by atoms with Gasteiger partial charge >= 0.3 is 5.97 Å². The number of thiophene rings is 1. The van der Waals surface area contributed by atoms with Crippen LogP contribution in [0.4, 0.5) is 5.82 Å². The Bertz CT molecular complexity index is 806. The predicted octanol–water partition coefficient (Wildman–Crippen LogP) is 2.97. The molecule has 1 aliphatic heterocycles. The Morgan fingerprint density at radius 2 is 1.96 bits per heavy atom. The second-order valence-electron chi connectivity index (χ2n) is 7.01. The van der Waals surface area contributed by atoms with Gasteiger partial charge in [-0.05, 0) is 44.1 Å². The molecule has 120 valence electrons. The van der Waals surface area contributed by atoms with Crippen molar-refractivity contribution in [2.75, 3.05) is 18.0 Å². The summed E-state index contributed by atoms with van der Waals surface area (Å²) < 4.78 is 0. The fourth-order valence-electron chi connectivity index (χ4n) is 3.71. The summed E-state index contributed by atoms with van der Waals surface area (Å²) in [6, 6.07) is 0. The molecule has 0 spiro atoms. The maximum atomic E-state index is 11.1. The van der Waals surface area contributed by atoms with E-state index >= 15 is 0 Å². The maximum absolute atomic E-state index is 11.1. The highest BCUT2D eigenvalue weighted by atomic mass is 32.1. The van der Waals surface area contributed by atoms with E-state index in [2.05, 4.69) is 4.90 Å². The number of aryl methyl sites for hydroxylation is 2. The predicted molar refractivity (Wildman–Crippen MR) is 89.4 cm³/mol. The molecule has 3 heterocycles. The van der Waals surface area contributed by atoms with Gasteiger partial charge in [-0.25, -0.2) is 9.97 Å². The number of anilines is 1. The molecule has 1 saturated carbocycles. The van der Waals surface area contributed by atoms with Crippen LogP contribution in [0.5, 0.6) is 0 Å². The van der Waals surface area contributed by atoms with Crippen molar-refractivity contribution in [3.05, 3.63) is 16.3 Å². The van der Waals surface area contributed by atoms with Gasteiger partial charge in [-0.3, -0.25) is 4.79 Å². The maximum Gasteiger partial charge on any atom is 0.310 e. The Hall–Kier alpha value is -1.69. The molecule has 2 fully saturated rings. The largest absolute Gasteiger partial charge is 0.481 e. The average molecular weight is 329 g/mol. The molecular formula is C17H19N3O2S. The van der Waals surface area contributed by atoms with Crippen LogP contribution in [-0.2, 0) is 17.6 Å². The lowest BCUT2D eigenvalue weighted by atomic mass is 9.95. The molecular weight excluding hydrogens is 310 g/mol. The van der Waals surface area contributed by atoms with E-state index in [0.717, 1.165) is 29.3 Å². The van der Waals surface area contributed by atoms with Crippen LogP contribution in [0.1, 0.15) is 47.9 Å². The first kappa shape index (κ1) is 13.7. The number of nitrogens with zero attached hydrogens (tertiary/aromatic N) is 3. The summed E-state index contributed by atoms with van der Waals surface area (Å²) in [6.07, 6.45) is 7.15. The molecule has 0 unspecified atom stereocenters. The van der Waals surface area contributed by atoms with Gasteiger partial charge < -0.3 is 10.0 Å². The smallest absolute Gasteiger partial charge is 0.310 e. The molecule has 0 amide bonds.